The summed E-state index contributed by atoms with van der Waals surface area (Å²) in [5, 5.41) is 18.2. The third-order valence-electron chi connectivity index (χ3n) is 5.85. The van der Waals surface area contributed by atoms with Crippen molar-refractivity contribution in [1.29, 1.82) is 5.26 Å². The van der Waals surface area contributed by atoms with Gasteiger partial charge in [0, 0.05) is 40.7 Å². The maximum atomic E-state index is 13.1. The van der Waals surface area contributed by atoms with Crippen molar-refractivity contribution in [3.05, 3.63) is 99.6 Å². The number of rotatable bonds is 9. The summed E-state index contributed by atoms with van der Waals surface area (Å²) >= 11 is 1.70. The van der Waals surface area contributed by atoms with Crippen LogP contribution in [0.25, 0.3) is 0 Å². The lowest BCUT2D eigenvalue weighted by molar-refractivity contribution is -0.117. The molecule has 2 aromatic rings. The zero-order valence-electron chi connectivity index (χ0n) is 20.5. The Kier molecular flexibility index (Phi) is 8.45. The van der Waals surface area contributed by atoms with Gasteiger partial charge >= 0.3 is 0 Å². The summed E-state index contributed by atoms with van der Waals surface area (Å²) in [6.45, 7) is 4.60. The Morgan fingerprint density at radius 2 is 2.08 bits per heavy atom. The fourth-order valence-electron chi connectivity index (χ4n) is 3.80. The van der Waals surface area contributed by atoms with Crippen molar-refractivity contribution in [2.45, 2.75) is 18.2 Å². The molecule has 0 spiro atoms. The number of nitrogens with one attached hydrogen (secondary N) is 3. The van der Waals surface area contributed by atoms with Gasteiger partial charge in [0.25, 0.3) is 5.91 Å². The van der Waals surface area contributed by atoms with Crippen molar-refractivity contribution in [1.82, 2.24) is 10.6 Å². The van der Waals surface area contributed by atoms with Crippen molar-refractivity contribution < 1.29 is 9.18 Å². The highest BCUT2D eigenvalue weighted by Gasteiger charge is 2.22. The summed E-state index contributed by atoms with van der Waals surface area (Å²) in [6, 6.07) is 13.8. The van der Waals surface area contributed by atoms with Crippen LogP contribution in [-0.4, -0.2) is 31.2 Å². The highest BCUT2D eigenvalue weighted by Crippen LogP contribution is 2.44. The molecule has 4 rings (SSSR count). The van der Waals surface area contributed by atoms with E-state index >= 15 is 0 Å². The van der Waals surface area contributed by atoms with Crippen LogP contribution < -0.4 is 27.4 Å². The minimum atomic E-state index is -0.551. The van der Waals surface area contributed by atoms with E-state index in [1.165, 1.54) is 18.3 Å². The first-order valence-electron chi connectivity index (χ1n) is 11.8. The molecule has 1 amide bonds. The van der Waals surface area contributed by atoms with E-state index in [0.717, 1.165) is 28.1 Å². The van der Waals surface area contributed by atoms with Crippen LogP contribution in [0.1, 0.15) is 28.4 Å². The van der Waals surface area contributed by atoms with E-state index in [-0.39, 0.29) is 34.7 Å². The first-order chi connectivity index (χ1) is 18.3. The molecule has 0 fully saturated rings. The largest absolute Gasteiger partial charge is 0.391 e. The molecular weight excluding hydrogens is 503 g/mol. The summed E-state index contributed by atoms with van der Waals surface area (Å²) in [5.74, 6) is -0.268. The zero-order chi connectivity index (χ0) is 27.1. The third-order valence-corrected chi connectivity index (χ3v) is 7.22. The van der Waals surface area contributed by atoms with Crippen LogP contribution in [0.3, 0.4) is 0 Å². The smallest absolute Gasteiger partial charge is 0.271 e. The summed E-state index contributed by atoms with van der Waals surface area (Å²) < 4.78 is 13.1. The monoisotopic (exact) mass is 530 g/mol. The number of hydrogen-bond donors (Lipinski definition) is 5. The van der Waals surface area contributed by atoms with E-state index in [1.54, 1.807) is 23.9 Å². The molecule has 2 aliphatic heterocycles. The number of allylic oxidation sites excluding steroid dienone is 2. The molecule has 0 saturated carbocycles. The highest BCUT2D eigenvalue weighted by atomic mass is 32.2. The molecule has 11 heteroatoms. The van der Waals surface area contributed by atoms with Gasteiger partial charge in [-0.2, -0.15) is 5.26 Å². The van der Waals surface area contributed by atoms with Crippen LogP contribution in [0.5, 0.6) is 0 Å². The first-order valence-corrected chi connectivity index (χ1v) is 12.6. The lowest BCUT2D eigenvalue weighted by atomic mass is 10.0. The van der Waals surface area contributed by atoms with E-state index in [1.807, 2.05) is 12.1 Å². The lowest BCUT2D eigenvalue weighted by Crippen LogP contribution is -2.32. The maximum Gasteiger partial charge on any atom is 0.271 e. The van der Waals surface area contributed by atoms with E-state index in [4.69, 9.17) is 16.7 Å². The van der Waals surface area contributed by atoms with Crippen molar-refractivity contribution in [2.24, 2.45) is 21.5 Å². The van der Waals surface area contributed by atoms with E-state index in [2.05, 4.69) is 50.7 Å². The number of amidine groups is 1. The van der Waals surface area contributed by atoms with Crippen LogP contribution in [0.4, 0.5) is 10.1 Å². The van der Waals surface area contributed by atoms with Gasteiger partial charge in [-0.15, -0.1) is 11.8 Å². The van der Waals surface area contributed by atoms with Gasteiger partial charge in [0.15, 0.2) is 5.82 Å². The van der Waals surface area contributed by atoms with Gasteiger partial charge < -0.3 is 27.4 Å². The van der Waals surface area contributed by atoms with Crippen molar-refractivity contribution in [3.63, 3.8) is 0 Å². The number of hydrogen-bond acceptors (Lipinski definition) is 9. The topological polar surface area (TPSA) is 154 Å². The normalized spacial score (nSPS) is 16.9. The van der Waals surface area contributed by atoms with Crippen molar-refractivity contribution in [3.8, 4) is 6.07 Å². The molecule has 7 N–H and O–H groups in total. The van der Waals surface area contributed by atoms with Crippen LogP contribution in [0.2, 0.25) is 0 Å². The predicted molar refractivity (Wildman–Crippen MR) is 149 cm³/mol. The number of benzene rings is 2. The second kappa shape index (κ2) is 12.1. The van der Waals surface area contributed by atoms with Crippen LogP contribution in [-0.2, 0) is 11.3 Å². The number of nitriles is 1. The lowest BCUT2D eigenvalue weighted by Gasteiger charge is -2.19. The molecule has 2 heterocycles. The summed E-state index contributed by atoms with van der Waals surface area (Å²) in [5.41, 5.74) is 15.9. The van der Waals surface area contributed by atoms with Gasteiger partial charge in [0.2, 0.25) is 0 Å². The quantitative estimate of drug-likeness (QED) is 0.190. The zero-order valence-corrected chi connectivity index (χ0v) is 21.3. The van der Waals surface area contributed by atoms with Gasteiger partial charge in [0.1, 0.15) is 30.1 Å². The summed E-state index contributed by atoms with van der Waals surface area (Å²) in [6.07, 6.45) is 4.19. The fraction of sp³-hybridized carbons (Fsp3) is 0.185. The number of aliphatic imine (C=N–C) groups is 2. The number of halogens is 1. The fourth-order valence-corrected chi connectivity index (χ4v) is 4.99. The Hall–Kier alpha value is -4.56. The summed E-state index contributed by atoms with van der Waals surface area (Å²) in [7, 11) is 0. The number of thioether (sulfide) groups is 1. The second-order valence-corrected chi connectivity index (χ2v) is 9.85. The maximum absolute atomic E-state index is 13.1. The number of anilines is 1. The van der Waals surface area contributed by atoms with Gasteiger partial charge in [-0.3, -0.25) is 4.79 Å². The number of carbonyl (C=O) groups excluding carboxylic acids is 1. The number of amides is 1. The SMILES string of the molecule is C=C(C#N)/C=N\C(NCC1=CC[C@@H](c2ccc3c(c2)C(N)=NCN3)S1)=C(/N)C(=O)NCc1ccc(F)cc1. The molecule has 0 bridgehead atoms. The number of nitrogens with zero attached hydrogens (tertiary/aromatic N) is 3. The Morgan fingerprint density at radius 1 is 1.29 bits per heavy atom. The minimum Gasteiger partial charge on any atom is -0.391 e. The number of nitrogens with two attached hydrogens (primary N) is 2. The highest BCUT2D eigenvalue weighted by molar-refractivity contribution is 8.03. The molecule has 0 radical (unpaired) electrons. The van der Waals surface area contributed by atoms with Gasteiger partial charge in [-0.1, -0.05) is 30.9 Å². The Balaban J connectivity index is 1.41. The van der Waals surface area contributed by atoms with Crippen LogP contribution in [0, 0.1) is 17.1 Å². The second-order valence-electron chi connectivity index (χ2n) is 8.52. The standard InChI is InChI=1S/C27H27FN8OS/c1-16(11-29)12-32-26(24(30)27(37)34-13-17-2-5-19(28)6-3-17)33-14-20-7-9-23(38-20)18-4-8-22-21(10-18)25(31)36-15-35-22/h2-8,10,12,23,33,35H,1,9,13-15,30H2,(H2,31,36)(H,34,37)/b26-24+,32-12-/t23-/m0/s1. The summed E-state index contributed by atoms with van der Waals surface area (Å²) in [4.78, 5) is 22.2. The first kappa shape index (κ1) is 26.5. The Bertz CT molecular complexity index is 1410. The Morgan fingerprint density at radius 3 is 2.84 bits per heavy atom. The van der Waals surface area contributed by atoms with Crippen molar-refractivity contribution >= 4 is 35.4 Å². The molecule has 2 aromatic carbocycles. The molecule has 0 saturated heterocycles. The van der Waals surface area contributed by atoms with Crippen LogP contribution >= 0.6 is 11.8 Å². The molecule has 9 nitrogen and oxygen atoms in total. The molecule has 194 valence electrons. The van der Waals surface area contributed by atoms with E-state index in [9.17, 15) is 9.18 Å². The molecule has 2 aliphatic rings. The average Bonchev–Trinajstić information content (AvgIpc) is 3.41. The Labute approximate surface area is 224 Å². The number of fused-ring (bicyclic) bond motifs is 1. The minimum absolute atomic E-state index is 0.114. The molecule has 0 aromatic heterocycles. The molecule has 38 heavy (non-hydrogen) atoms. The van der Waals surface area contributed by atoms with Gasteiger partial charge in [-0.25, -0.2) is 14.4 Å². The van der Waals surface area contributed by atoms with Crippen LogP contribution in [0.15, 0.2) is 87.1 Å². The van der Waals surface area contributed by atoms with E-state index in [0.29, 0.717) is 24.6 Å². The molecule has 0 unspecified atom stereocenters. The average molecular weight is 531 g/mol. The van der Waals surface area contributed by atoms with E-state index < -0.39 is 5.91 Å². The van der Waals surface area contributed by atoms with Gasteiger partial charge in [-0.05, 0) is 41.8 Å². The molecular formula is C27H27FN8OS. The van der Waals surface area contributed by atoms with Gasteiger partial charge in [0.05, 0.1) is 5.57 Å². The molecule has 0 aliphatic carbocycles. The van der Waals surface area contributed by atoms with Crippen molar-refractivity contribution in [2.75, 3.05) is 18.5 Å². The predicted octanol–water partition coefficient (Wildman–Crippen LogP) is 3.16. The third kappa shape index (κ3) is 6.60. The molecule has 1 atom stereocenters. The number of carbonyl (C=O) groups is 1.